The Morgan fingerprint density at radius 2 is 2.03 bits per heavy atom. The van der Waals surface area contributed by atoms with Crippen LogP contribution in [0.5, 0.6) is 0 Å². The number of H-pyrrole nitrogens is 1. The van der Waals surface area contributed by atoms with Gasteiger partial charge in [-0.05, 0) is 35.4 Å². The number of nitrogens with zero attached hydrogens (tertiary/aromatic N) is 1. The van der Waals surface area contributed by atoms with Crippen LogP contribution in [0.4, 0.5) is 0 Å². The fraction of sp³-hybridized carbons (Fsp3) is 0.304. The predicted molar refractivity (Wildman–Crippen MR) is 118 cm³/mol. The van der Waals surface area contributed by atoms with Gasteiger partial charge in [-0.1, -0.05) is 26.0 Å². The van der Waals surface area contributed by atoms with Gasteiger partial charge in [-0.2, -0.15) is 0 Å². The third kappa shape index (κ3) is 3.31. The van der Waals surface area contributed by atoms with E-state index in [0.717, 1.165) is 43.7 Å². The summed E-state index contributed by atoms with van der Waals surface area (Å²) in [6.45, 7) is 3.99. The molecule has 0 bridgehead atoms. The second kappa shape index (κ2) is 7.44. The van der Waals surface area contributed by atoms with Crippen molar-refractivity contribution >= 4 is 34.7 Å². The summed E-state index contributed by atoms with van der Waals surface area (Å²) in [5.41, 5.74) is 4.91. The molecule has 0 amide bonds. The lowest BCUT2D eigenvalue weighted by molar-refractivity contribution is 0.103. The Morgan fingerprint density at radius 3 is 2.76 bits per heavy atom. The lowest BCUT2D eigenvalue weighted by atomic mass is 9.71. The van der Waals surface area contributed by atoms with Crippen molar-refractivity contribution in [3.63, 3.8) is 0 Å². The van der Waals surface area contributed by atoms with Crippen LogP contribution in [0.15, 0.2) is 46.3 Å². The lowest BCUT2D eigenvalue weighted by Gasteiger charge is -2.32. The normalized spacial score (nSPS) is 16.2. The Labute approximate surface area is 173 Å². The van der Waals surface area contributed by atoms with Gasteiger partial charge in [0, 0.05) is 51.5 Å². The SMILES string of the molecule is CN=Cc1ccc2c3c([nH]c2c1)C(C)(C)c1cc(SCC(O)CO)ccc1C3=O. The topological polar surface area (TPSA) is 85.7 Å². The summed E-state index contributed by atoms with van der Waals surface area (Å²) in [6, 6.07) is 11.8. The maximum atomic E-state index is 13.4. The van der Waals surface area contributed by atoms with Crippen LogP contribution in [-0.4, -0.2) is 52.7 Å². The number of aliphatic hydroxyl groups is 2. The third-order valence-corrected chi connectivity index (χ3v) is 6.65. The van der Waals surface area contributed by atoms with Crippen molar-refractivity contribution in [3.05, 3.63) is 64.3 Å². The van der Waals surface area contributed by atoms with Crippen LogP contribution in [0.1, 0.15) is 46.6 Å². The zero-order chi connectivity index (χ0) is 20.8. The quantitative estimate of drug-likeness (QED) is 0.445. The molecule has 0 fully saturated rings. The molecule has 0 spiro atoms. The highest BCUT2D eigenvalue weighted by Crippen LogP contribution is 2.44. The van der Waals surface area contributed by atoms with Gasteiger partial charge in [-0.25, -0.2) is 0 Å². The van der Waals surface area contributed by atoms with Gasteiger partial charge in [-0.3, -0.25) is 9.79 Å². The van der Waals surface area contributed by atoms with E-state index in [4.69, 9.17) is 5.11 Å². The minimum atomic E-state index is -0.758. The molecule has 0 saturated heterocycles. The lowest BCUT2D eigenvalue weighted by Crippen LogP contribution is -2.30. The van der Waals surface area contributed by atoms with Crippen LogP contribution in [0, 0.1) is 0 Å². The first-order chi connectivity index (χ1) is 13.9. The molecule has 29 heavy (non-hydrogen) atoms. The van der Waals surface area contributed by atoms with Gasteiger partial charge in [0.25, 0.3) is 0 Å². The van der Waals surface area contributed by atoms with Crippen LogP contribution in [0.3, 0.4) is 0 Å². The van der Waals surface area contributed by atoms with Gasteiger partial charge in [0.2, 0.25) is 0 Å². The maximum absolute atomic E-state index is 13.4. The standard InChI is InChI=1S/C23H24N2O3S/c1-23(2)18-9-15(29-12-14(27)11-26)5-7-16(18)21(28)20-17-6-4-13(10-24-3)8-19(17)25-22(20)23/h4-10,14,25-27H,11-12H2,1-3H3. The third-order valence-electron chi connectivity index (χ3n) is 5.52. The Balaban J connectivity index is 1.81. The van der Waals surface area contributed by atoms with E-state index in [1.54, 1.807) is 13.3 Å². The largest absolute Gasteiger partial charge is 0.394 e. The van der Waals surface area contributed by atoms with E-state index in [0.29, 0.717) is 5.75 Å². The maximum Gasteiger partial charge on any atom is 0.195 e. The predicted octanol–water partition coefficient (Wildman–Crippen LogP) is 3.53. The van der Waals surface area contributed by atoms with E-state index in [1.165, 1.54) is 11.8 Å². The molecule has 2 aromatic carbocycles. The van der Waals surface area contributed by atoms with Crippen LogP contribution in [0.25, 0.3) is 10.9 Å². The number of hydrogen-bond donors (Lipinski definition) is 3. The average molecular weight is 409 g/mol. The Morgan fingerprint density at radius 1 is 1.24 bits per heavy atom. The summed E-state index contributed by atoms with van der Waals surface area (Å²) in [5.74, 6) is 0.438. The first-order valence-electron chi connectivity index (χ1n) is 9.56. The van der Waals surface area contributed by atoms with Gasteiger partial charge in [0.1, 0.15) is 0 Å². The number of aromatic amines is 1. The second-order valence-electron chi connectivity index (χ2n) is 7.88. The highest BCUT2D eigenvalue weighted by molar-refractivity contribution is 7.99. The summed E-state index contributed by atoms with van der Waals surface area (Å²) in [7, 11) is 1.74. The summed E-state index contributed by atoms with van der Waals surface area (Å²) in [5, 5.41) is 19.6. The molecule has 0 aliphatic heterocycles. The number of aromatic nitrogens is 1. The number of fused-ring (bicyclic) bond motifs is 4. The molecule has 1 aliphatic rings. The van der Waals surface area contributed by atoms with E-state index < -0.39 is 6.10 Å². The molecule has 3 aromatic rings. The highest BCUT2D eigenvalue weighted by Gasteiger charge is 2.39. The fourth-order valence-electron chi connectivity index (χ4n) is 3.99. The number of nitrogens with one attached hydrogen (secondary N) is 1. The molecule has 1 aliphatic carbocycles. The highest BCUT2D eigenvalue weighted by atomic mass is 32.2. The Kier molecular flexibility index (Phi) is 5.11. The number of aliphatic hydroxyl groups excluding tert-OH is 2. The number of carbonyl (C=O) groups excluding carboxylic acids is 1. The molecule has 4 rings (SSSR count). The molecular weight excluding hydrogens is 384 g/mol. The molecule has 0 saturated carbocycles. The molecule has 0 radical (unpaired) electrons. The number of rotatable bonds is 5. The Hall–Kier alpha value is -2.41. The molecule has 1 aromatic heterocycles. The monoisotopic (exact) mass is 408 g/mol. The number of ketones is 1. The van der Waals surface area contributed by atoms with Crippen molar-refractivity contribution < 1.29 is 15.0 Å². The van der Waals surface area contributed by atoms with Crippen LogP contribution in [0.2, 0.25) is 0 Å². The number of aliphatic imine (C=N–C) groups is 1. The van der Waals surface area contributed by atoms with Crippen molar-refractivity contribution in [2.75, 3.05) is 19.4 Å². The van der Waals surface area contributed by atoms with Crippen molar-refractivity contribution in [2.45, 2.75) is 30.3 Å². The van der Waals surface area contributed by atoms with Crippen molar-refractivity contribution in [3.8, 4) is 0 Å². The van der Waals surface area contributed by atoms with Gasteiger partial charge in [-0.15, -0.1) is 11.8 Å². The zero-order valence-corrected chi connectivity index (χ0v) is 17.5. The smallest absolute Gasteiger partial charge is 0.195 e. The van der Waals surface area contributed by atoms with Gasteiger partial charge in [0.15, 0.2) is 5.78 Å². The first kappa shape index (κ1) is 19.9. The summed E-state index contributed by atoms with van der Waals surface area (Å²) in [6.07, 6.45) is 1.04. The zero-order valence-electron chi connectivity index (χ0n) is 16.7. The minimum absolute atomic E-state index is 0.0319. The second-order valence-corrected chi connectivity index (χ2v) is 8.97. The van der Waals surface area contributed by atoms with Crippen LogP contribution < -0.4 is 0 Å². The molecule has 150 valence electrons. The van der Waals surface area contributed by atoms with E-state index in [9.17, 15) is 9.90 Å². The molecule has 6 heteroatoms. The van der Waals surface area contributed by atoms with Crippen molar-refractivity contribution in [2.24, 2.45) is 4.99 Å². The average Bonchev–Trinajstić information content (AvgIpc) is 3.10. The minimum Gasteiger partial charge on any atom is -0.394 e. The number of carbonyl (C=O) groups is 1. The molecule has 5 nitrogen and oxygen atoms in total. The van der Waals surface area contributed by atoms with Crippen LogP contribution >= 0.6 is 11.8 Å². The van der Waals surface area contributed by atoms with Crippen LogP contribution in [-0.2, 0) is 5.41 Å². The molecule has 1 unspecified atom stereocenters. The number of benzene rings is 2. The van der Waals surface area contributed by atoms with Crippen molar-refractivity contribution in [1.29, 1.82) is 0 Å². The summed E-state index contributed by atoms with van der Waals surface area (Å²) in [4.78, 5) is 21.9. The van der Waals surface area contributed by atoms with Crippen molar-refractivity contribution in [1.82, 2.24) is 4.98 Å². The molecule has 1 atom stereocenters. The summed E-state index contributed by atoms with van der Waals surface area (Å²) < 4.78 is 0. The van der Waals surface area contributed by atoms with Gasteiger partial charge >= 0.3 is 0 Å². The van der Waals surface area contributed by atoms with E-state index in [1.807, 2.05) is 36.4 Å². The van der Waals surface area contributed by atoms with E-state index in [-0.39, 0.29) is 17.8 Å². The number of hydrogen-bond acceptors (Lipinski definition) is 5. The Bertz CT molecular complexity index is 1130. The number of thioether (sulfide) groups is 1. The van der Waals surface area contributed by atoms with E-state index in [2.05, 4.69) is 23.8 Å². The molecular formula is C23H24N2O3S. The molecule has 3 N–H and O–H groups in total. The van der Waals surface area contributed by atoms with E-state index >= 15 is 0 Å². The van der Waals surface area contributed by atoms with Gasteiger partial charge < -0.3 is 15.2 Å². The first-order valence-corrected chi connectivity index (χ1v) is 10.5. The molecule has 1 heterocycles. The summed E-state index contributed by atoms with van der Waals surface area (Å²) >= 11 is 1.48. The fourth-order valence-corrected chi connectivity index (χ4v) is 4.85. The van der Waals surface area contributed by atoms with Gasteiger partial charge in [0.05, 0.1) is 18.3 Å².